The Kier molecular flexibility index (Phi) is 7.76. The van der Waals surface area contributed by atoms with Gasteiger partial charge in [0.05, 0.1) is 12.6 Å². The van der Waals surface area contributed by atoms with Crippen LogP contribution in [-0.4, -0.2) is 57.2 Å². The number of halogens is 5. The number of hydrogen-bond donors (Lipinski definition) is 2. The van der Waals surface area contributed by atoms with Crippen molar-refractivity contribution in [3.63, 3.8) is 0 Å². The van der Waals surface area contributed by atoms with E-state index in [1.54, 1.807) is 22.9 Å². The summed E-state index contributed by atoms with van der Waals surface area (Å²) in [5.41, 5.74) is 4.02. The quantitative estimate of drug-likeness (QED) is 0.207. The second-order valence-electron chi connectivity index (χ2n) is 10.3. The summed E-state index contributed by atoms with van der Waals surface area (Å²) < 4.78 is 45.5. The molecular formula is C28H27ClF3IN5O3-. The molecule has 41 heavy (non-hydrogen) atoms. The fourth-order valence-corrected chi connectivity index (χ4v) is 7.07. The van der Waals surface area contributed by atoms with E-state index in [0.717, 1.165) is 26.1 Å². The van der Waals surface area contributed by atoms with Crippen molar-refractivity contribution in [3.05, 3.63) is 92.1 Å². The molecule has 4 aromatic rings. The second kappa shape index (κ2) is 11.2. The van der Waals surface area contributed by atoms with Gasteiger partial charge in [-0.15, -0.1) is 0 Å². The van der Waals surface area contributed by atoms with E-state index in [4.69, 9.17) is 16.7 Å². The van der Waals surface area contributed by atoms with Gasteiger partial charge in [0.1, 0.15) is 0 Å². The van der Waals surface area contributed by atoms with Gasteiger partial charge >= 0.3 is 172 Å². The second-order valence-corrected chi connectivity index (χ2v) is 14.0. The maximum atomic E-state index is 13.5. The number of rotatable bonds is 8. The van der Waals surface area contributed by atoms with Gasteiger partial charge in [-0.25, -0.2) is 0 Å². The number of fused-ring (bicyclic) bond motifs is 1. The third-order valence-electron chi connectivity index (χ3n) is 7.48. The van der Waals surface area contributed by atoms with Crippen molar-refractivity contribution in [2.24, 2.45) is 0 Å². The van der Waals surface area contributed by atoms with Gasteiger partial charge in [-0.1, -0.05) is 29.8 Å². The molecule has 1 aliphatic carbocycles. The van der Waals surface area contributed by atoms with Gasteiger partial charge in [-0.3, -0.25) is 0 Å². The van der Waals surface area contributed by atoms with Crippen molar-refractivity contribution >= 4 is 11.6 Å². The Morgan fingerprint density at radius 2 is 1.80 bits per heavy atom. The number of hydrogen-bond acceptors (Lipinski definition) is 5. The van der Waals surface area contributed by atoms with Crippen molar-refractivity contribution in [2.75, 3.05) is 4.43 Å². The molecule has 2 N–H and O–H groups in total. The van der Waals surface area contributed by atoms with Crippen LogP contribution >= 0.6 is 11.6 Å². The third-order valence-corrected chi connectivity index (χ3v) is 10.3. The molecule has 1 fully saturated rings. The Hall–Kier alpha value is -2.68. The molecule has 0 spiro atoms. The third kappa shape index (κ3) is 5.97. The van der Waals surface area contributed by atoms with Crippen LogP contribution in [0.15, 0.2) is 53.3 Å². The molecule has 0 amide bonds. The number of aromatic nitrogens is 5. The normalized spacial score (nSPS) is 19.5. The zero-order chi connectivity index (χ0) is 28.9. The zero-order valence-electron chi connectivity index (χ0n) is 21.7. The Morgan fingerprint density at radius 3 is 2.49 bits per heavy atom. The monoisotopic (exact) mass is 700 g/mol. The van der Waals surface area contributed by atoms with Crippen LogP contribution in [0.2, 0.25) is 5.02 Å². The van der Waals surface area contributed by atoms with Crippen LogP contribution in [0.4, 0.5) is 13.2 Å². The predicted molar refractivity (Wildman–Crippen MR) is 142 cm³/mol. The molecular weight excluding hydrogens is 674 g/mol. The Bertz CT molecular complexity index is 1630. The standard InChI is InChI=1S/C28H27ClF3IN5O3/c29-21-4-2-1-3-18(21)13-37-24-11-19(39)9-10-20(24)23(34-37)14-38-27(41)36(15-25(40)28(30,31)32)26(35-38)17-7-5-16(6-8-17)22-12-33-22/h1-8,19,22,25,39-40H,9-15H2/q-1/t19?,22?,25-/m0/s1. The molecule has 13 heteroatoms. The average molecular weight is 701 g/mol. The molecule has 0 bridgehead atoms. The zero-order valence-corrected chi connectivity index (χ0v) is 24.6. The van der Waals surface area contributed by atoms with Crippen LogP contribution in [-0.2, 0) is 32.5 Å². The summed E-state index contributed by atoms with van der Waals surface area (Å²) in [5.74, 6) is 0.0511. The van der Waals surface area contributed by atoms with Crippen LogP contribution < -0.4 is 26.9 Å². The SMILES string of the molecule is O=c1n(Cc2nn(Cc3ccccc3Cl)c3c2CCC(O)C3)nc(-c2ccc(C3C[I-]3)cc2)n1C[C@H](O)C(F)(F)F. The van der Waals surface area contributed by atoms with Crippen LogP contribution in [0.25, 0.3) is 11.4 Å². The summed E-state index contributed by atoms with van der Waals surface area (Å²) in [4.78, 5) is 13.5. The number of benzene rings is 2. The van der Waals surface area contributed by atoms with E-state index < -0.39 is 30.6 Å². The van der Waals surface area contributed by atoms with Gasteiger partial charge < -0.3 is 5.11 Å². The van der Waals surface area contributed by atoms with Gasteiger partial charge in [0.15, 0.2) is 0 Å². The molecule has 2 unspecified atom stereocenters. The van der Waals surface area contributed by atoms with E-state index in [0.29, 0.717) is 46.0 Å². The molecule has 2 aromatic heterocycles. The summed E-state index contributed by atoms with van der Waals surface area (Å²) in [5, 5.41) is 30.0. The minimum atomic E-state index is -4.89. The number of nitrogens with zero attached hydrogens (tertiary/aromatic N) is 5. The minimum absolute atomic E-state index is 0.0511. The summed E-state index contributed by atoms with van der Waals surface area (Å²) in [6.45, 7) is -0.686. The van der Waals surface area contributed by atoms with Crippen LogP contribution in [0, 0.1) is 0 Å². The van der Waals surface area contributed by atoms with Crippen molar-refractivity contribution in [3.8, 4) is 11.4 Å². The van der Waals surface area contributed by atoms with Crippen LogP contribution in [0.3, 0.4) is 0 Å². The van der Waals surface area contributed by atoms with Crippen molar-refractivity contribution in [1.29, 1.82) is 0 Å². The average Bonchev–Trinajstić information content (AvgIpc) is 3.68. The molecule has 2 aliphatic rings. The molecule has 3 atom stereocenters. The molecule has 1 aliphatic heterocycles. The number of aliphatic hydroxyl groups is 2. The molecule has 0 radical (unpaired) electrons. The van der Waals surface area contributed by atoms with E-state index in [1.165, 1.54) is 9.99 Å². The van der Waals surface area contributed by atoms with E-state index in [9.17, 15) is 28.2 Å². The first kappa shape index (κ1) is 28.4. The summed E-state index contributed by atoms with van der Waals surface area (Å²) in [7, 11) is 0. The first-order chi connectivity index (χ1) is 19.6. The van der Waals surface area contributed by atoms with Gasteiger partial charge in [-0.2, -0.15) is 0 Å². The molecule has 8 nitrogen and oxygen atoms in total. The molecule has 3 heterocycles. The van der Waals surface area contributed by atoms with Crippen molar-refractivity contribution < 1.29 is 44.6 Å². The topological polar surface area (TPSA) is 98.1 Å². The predicted octanol–water partition coefficient (Wildman–Crippen LogP) is 0.575. The van der Waals surface area contributed by atoms with Gasteiger partial charge in [0.2, 0.25) is 0 Å². The maximum absolute atomic E-state index is 13.5. The first-order valence-electron chi connectivity index (χ1n) is 13.2. The van der Waals surface area contributed by atoms with E-state index in [-0.39, 0.29) is 33.6 Å². The molecule has 2 aromatic carbocycles. The first-order valence-corrected chi connectivity index (χ1v) is 16.3. The fourth-order valence-electron chi connectivity index (χ4n) is 5.19. The van der Waals surface area contributed by atoms with Crippen molar-refractivity contribution in [1.82, 2.24) is 24.1 Å². The summed E-state index contributed by atoms with van der Waals surface area (Å²) in [6.07, 6.45) is -6.70. The molecule has 218 valence electrons. The number of alkyl halides is 5. The van der Waals surface area contributed by atoms with Gasteiger partial charge in [-0.05, 0) is 18.1 Å². The van der Waals surface area contributed by atoms with Crippen molar-refractivity contribution in [2.45, 2.75) is 61.2 Å². The number of aliphatic hydroxyl groups excluding tert-OH is 2. The molecule has 0 saturated carbocycles. The molecule has 6 rings (SSSR count). The van der Waals surface area contributed by atoms with Crippen LogP contribution in [0.5, 0.6) is 0 Å². The Balaban J connectivity index is 1.38. The Morgan fingerprint density at radius 1 is 1.07 bits per heavy atom. The molecule has 1 saturated heterocycles. The fraction of sp³-hybridized carbons (Fsp3) is 0.393. The summed E-state index contributed by atoms with van der Waals surface area (Å²) >= 11 is 6.56. The van der Waals surface area contributed by atoms with E-state index in [2.05, 4.69) is 5.10 Å². The van der Waals surface area contributed by atoms with E-state index >= 15 is 0 Å². The van der Waals surface area contributed by atoms with E-state index in [1.807, 2.05) is 30.3 Å². The van der Waals surface area contributed by atoms with Gasteiger partial charge in [0.25, 0.3) is 0 Å². The van der Waals surface area contributed by atoms with Crippen LogP contribution in [0.1, 0.15) is 38.4 Å². The summed E-state index contributed by atoms with van der Waals surface area (Å²) in [6, 6.07) is 14.8. The Labute approximate surface area is 248 Å². The van der Waals surface area contributed by atoms with Gasteiger partial charge in [0, 0.05) is 11.4 Å².